The monoisotopic (exact) mass is 239 g/mol. The van der Waals surface area contributed by atoms with Gasteiger partial charge in [0, 0.05) is 11.6 Å². The van der Waals surface area contributed by atoms with E-state index in [9.17, 15) is 9.18 Å². The van der Waals surface area contributed by atoms with E-state index in [2.05, 4.69) is 5.32 Å². The molecule has 1 amide bonds. The molecule has 4 heteroatoms. The molecular weight excluding hydrogens is 221 g/mol. The van der Waals surface area contributed by atoms with Gasteiger partial charge >= 0.3 is 0 Å². The molecule has 0 atom stereocenters. The fraction of sp³-hybridized carbons (Fsp3) is 0.462. The van der Waals surface area contributed by atoms with Gasteiger partial charge in [0.05, 0.1) is 7.11 Å². The summed E-state index contributed by atoms with van der Waals surface area (Å²) in [6.07, 6.45) is 1.72. The zero-order valence-corrected chi connectivity index (χ0v) is 10.4. The van der Waals surface area contributed by atoms with Gasteiger partial charge in [0.15, 0.2) is 11.6 Å². The van der Waals surface area contributed by atoms with Crippen LogP contribution < -0.4 is 10.1 Å². The number of amides is 1. The molecule has 0 saturated heterocycles. The fourth-order valence-electron chi connectivity index (χ4n) is 1.57. The van der Waals surface area contributed by atoms with E-state index in [0.29, 0.717) is 5.56 Å². The number of carbonyl (C=O) groups is 1. The summed E-state index contributed by atoms with van der Waals surface area (Å²) in [5.41, 5.74) is 0.315. The average molecular weight is 239 g/mol. The molecule has 17 heavy (non-hydrogen) atoms. The van der Waals surface area contributed by atoms with Crippen LogP contribution in [0.2, 0.25) is 0 Å². The summed E-state index contributed by atoms with van der Waals surface area (Å²) in [5, 5.41) is 2.85. The number of methoxy groups -OCH3 is 1. The predicted octanol–water partition coefficient (Wildman–Crippen LogP) is 2.75. The van der Waals surface area contributed by atoms with E-state index in [1.807, 2.05) is 13.8 Å². The molecule has 0 radical (unpaired) electrons. The van der Waals surface area contributed by atoms with Crippen LogP contribution in [0.25, 0.3) is 0 Å². The minimum absolute atomic E-state index is 0.132. The van der Waals surface area contributed by atoms with Gasteiger partial charge in [0.1, 0.15) is 0 Å². The molecule has 0 aliphatic rings. The Balaban J connectivity index is 2.79. The van der Waals surface area contributed by atoms with Crippen LogP contribution in [0, 0.1) is 5.82 Å². The van der Waals surface area contributed by atoms with Crippen LogP contribution in [0.15, 0.2) is 18.2 Å². The van der Waals surface area contributed by atoms with E-state index < -0.39 is 5.82 Å². The van der Waals surface area contributed by atoms with Crippen molar-refractivity contribution in [3.8, 4) is 5.75 Å². The highest BCUT2D eigenvalue weighted by Gasteiger charge is 2.12. The SMILES string of the molecule is CCC(CC)NC(=O)c1ccc(OC)c(F)c1. The van der Waals surface area contributed by atoms with E-state index in [1.165, 1.54) is 19.2 Å². The van der Waals surface area contributed by atoms with Crippen molar-refractivity contribution < 1.29 is 13.9 Å². The van der Waals surface area contributed by atoms with Gasteiger partial charge in [-0.1, -0.05) is 13.8 Å². The zero-order valence-electron chi connectivity index (χ0n) is 10.4. The maximum atomic E-state index is 13.4. The molecule has 0 unspecified atom stereocenters. The maximum Gasteiger partial charge on any atom is 0.251 e. The summed E-state index contributed by atoms with van der Waals surface area (Å²) in [6.45, 7) is 4.01. The molecule has 0 saturated carbocycles. The van der Waals surface area contributed by atoms with Gasteiger partial charge in [-0.25, -0.2) is 4.39 Å². The summed E-state index contributed by atoms with van der Waals surface area (Å²) < 4.78 is 18.2. The molecular formula is C13H18FNO2. The highest BCUT2D eigenvalue weighted by atomic mass is 19.1. The lowest BCUT2D eigenvalue weighted by molar-refractivity contribution is 0.0934. The van der Waals surface area contributed by atoms with Crippen molar-refractivity contribution in [2.24, 2.45) is 0 Å². The Bertz CT molecular complexity index is 389. The number of ether oxygens (including phenoxy) is 1. The van der Waals surface area contributed by atoms with Gasteiger partial charge in [-0.05, 0) is 31.0 Å². The lowest BCUT2D eigenvalue weighted by Gasteiger charge is -2.14. The van der Waals surface area contributed by atoms with Crippen molar-refractivity contribution in [2.45, 2.75) is 32.7 Å². The smallest absolute Gasteiger partial charge is 0.251 e. The molecule has 1 rings (SSSR count). The van der Waals surface area contributed by atoms with Crippen LogP contribution in [-0.2, 0) is 0 Å². The van der Waals surface area contributed by atoms with Crippen molar-refractivity contribution in [3.05, 3.63) is 29.6 Å². The molecule has 0 heterocycles. The number of nitrogens with one attached hydrogen (secondary N) is 1. The van der Waals surface area contributed by atoms with Crippen LogP contribution in [-0.4, -0.2) is 19.1 Å². The largest absolute Gasteiger partial charge is 0.494 e. The van der Waals surface area contributed by atoms with Crippen molar-refractivity contribution >= 4 is 5.91 Å². The van der Waals surface area contributed by atoms with E-state index in [-0.39, 0.29) is 17.7 Å². The predicted molar refractivity (Wildman–Crippen MR) is 64.8 cm³/mol. The Hall–Kier alpha value is -1.58. The second-order valence-electron chi connectivity index (χ2n) is 3.84. The summed E-state index contributed by atoms with van der Waals surface area (Å²) in [7, 11) is 1.39. The molecule has 0 aliphatic carbocycles. The van der Waals surface area contributed by atoms with Crippen LogP contribution in [0.5, 0.6) is 5.75 Å². The number of benzene rings is 1. The van der Waals surface area contributed by atoms with E-state index in [1.54, 1.807) is 6.07 Å². The van der Waals surface area contributed by atoms with Crippen LogP contribution in [0.4, 0.5) is 4.39 Å². The average Bonchev–Trinajstić information content (AvgIpc) is 2.35. The molecule has 1 aromatic rings. The maximum absolute atomic E-state index is 13.4. The van der Waals surface area contributed by atoms with E-state index in [4.69, 9.17) is 4.74 Å². The van der Waals surface area contributed by atoms with Gasteiger partial charge < -0.3 is 10.1 Å². The van der Waals surface area contributed by atoms with Crippen molar-refractivity contribution in [2.75, 3.05) is 7.11 Å². The lowest BCUT2D eigenvalue weighted by Crippen LogP contribution is -2.33. The number of rotatable bonds is 5. The number of carbonyl (C=O) groups excluding carboxylic acids is 1. The molecule has 3 nitrogen and oxygen atoms in total. The summed E-state index contributed by atoms with van der Waals surface area (Å²) >= 11 is 0. The van der Waals surface area contributed by atoms with Gasteiger partial charge in [-0.15, -0.1) is 0 Å². The van der Waals surface area contributed by atoms with Crippen molar-refractivity contribution in [1.29, 1.82) is 0 Å². The minimum Gasteiger partial charge on any atom is -0.494 e. The Labute approximate surface area is 101 Å². The minimum atomic E-state index is -0.523. The van der Waals surface area contributed by atoms with Crippen molar-refractivity contribution in [1.82, 2.24) is 5.32 Å². The standard InChI is InChI=1S/C13H18FNO2/c1-4-10(5-2)15-13(16)9-6-7-12(17-3)11(14)8-9/h6-8,10H,4-5H2,1-3H3,(H,15,16). The highest BCUT2D eigenvalue weighted by Crippen LogP contribution is 2.17. The van der Waals surface area contributed by atoms with Gasteiger partial charge in [0.25, 0.3) is 5.91 Å². The third kappa shape index (κ3) is 3.44. The number of halogens is 1. The summed E-state index contributed by atoms with van der Waals surface area (Å²) in [6, 6.07) is 4.33. The fourth-order valence-corrected chi connectivity index (χ4v) is 1.57. The molecule has 94 valence electrons. The first-order valence-electron chi connectivity index (χ1n) is 5.76. The molecule has 0 fully saturated rings. The molecule has 0 bridgehead atoms. The first kappa shape index (κ1) is 13.5. The molecule has 0 aromatic heterocycles. The van der Waals surface area contributed by atoms with Gasteiger partial charge in [0.2, 0.25) is 0 Å². The molecule has 0 aliphatic heterocycles. The lowest BCUT2D eigenvalue weighted by atomic mass is 10.1. The molecule has 1 aromatic carbocycles. The van der Waals surface area contributed by atoms with E-state index >= 15 is 0 Å². The van der Waals surface area contributed by atoms with Gasteiger partial charge in [-0.2, -0.15) is 0 Å². The highest BCUT2D eigenvalue weighted by molar-refractivity contribution is 5.94. The summed E-state index contributed by atoms with van der Waals surface area (Å²) in [5.74, 6) is -0.631. The number of hydrogen-bond donors (Lipinski definition) is 1. The third-order valence-corrected chi connectivity index (χ3v) is 2.73. The Morgan fingerprint density at radius 2 is 2.06 bits per heavy atom. The second kappa shape index (κ2) is 6.23. The number of hydrogen-bond acceptors (Lipinski definition) is 2. The van der Waals surface area contributed by atoms with Crippen molar-refractivity contribution in [3.63, 3.8) is 0 Å². The normalized spacial score (nSPS) is 10.4. The zero-order chi connectivity index (χ0) is 12.8. The first-order valence-corrected chi connectivity index (χ1v) is 5.76. The van der Waals surface area contributed by atoms with Crippen LogP contribution in [0.1, 0.15) is 37.0 Å². The van der Waals surface area contributed by atoms with Crippen LogP contribution in [0.3, 0.4) is 0 Å². The topological polar surface area (TPSA) is 38.3 Å². The van der Waals surface area contributed by atoms with E-state index in [0.717, 1.165) is 12.8 Å². The Kier molecular flexibility index (Phi) is 4.94. The first-order chi connectivity index (χ1) is 8.12. The Morgan fingerprint density at radius 3 is 2.53 bits per heavy atom. The molecule has 0 spiro atoms. The van der Waals surface area contributed by atoms with Gasteiger partial charge in [-0.3, -0.25) is 4.79 Å². The Morgan fingerprint density at radius 1 is 1.41 bits per heavy atom. The van der Waals surface area contributed by atoms with Crippen LogP contribution >= 0.6 is 0 Å². The quantitative estimate of drug-likeness (QED) is 0.858. The summed E-state index contributed by atoms with van der Waals surface area (Å²) in [4.78, 5) is 11.8. The third-order valence-electron chi connectivity index (χ3n) is 2.73. The molecule has 1 N–H and O–H groups in total. The second-order valence-corrected chi connectivity index (χ2v) is 3.84.